The first-order chi connectivity index (χ1) is 10.0. The SMILES string of the molecule is CCCNC(c1ncc(Cl)cc1Cl)C1CC(C)CC(C)C1. The minimum Gasteiger partial charge on any atom is -0.308 e. The molecule has 1 N–H and O–H groups in total. The Hall–Kier alpha value is -0.310. The summed E-state index contributed by atoms with van der Waals surface area (Å²) in [6, 6.07) is 2.04. The third kappa shape index (κ3) is 4.58. The lowest BCUT2D eigenvalue weighted by atomic mass is 9.73. The maximum atomic E-state index is 6.41. The van der Waals surface area contributed by atoms with E-state index in [-0.39, 0.29) is 6.04 Å². The van der Waals surface area contributed by atoms with Crippen LogP contribution in [0.5, 0.6) is 0 Å². The third-order valence-electron chi connectivity index (χ3n) is 4.43. The summed E-state index contributed by atoms with van der Waals surface area (Å²) < 4.78 is 0. The Labute approximate surface area is 138 Å². The van der Waals surface area contributed by atoms with Crippen molar-refractivity contribution in [1.82, 2.24) is 10.3 Å². The molecule has 0 radical (unpaired) electrons. The van der Waals surface area contributed by atoms with Crippen LogP contribution < -0.4 is 5.32 Å². The summed E-state index contributed by atoms with van der Waals surface area (Å²) in [6.07, 6.45) is 6.64. The van der Waals surface area contributed by atoms with Gasteiger partial charge in [0.2, 0.25) is 0 Å². The van der Waals surface area contributed by atoms with Crippen LogP contribution in [-0.4, -0.2) is 11.5 Å². The zero-order valence-electron chi connectivity index (χ0n) is 13.2. The van der Waals surface area contributed by atoms with Crippen LogP contribution in [0.1, 0.15) is 58.2 Å². The first kappa shape index (κ1) is 17.1. The molecular weight excluding hydrogens is 303 g/mol. The summed E-state index contributed by atoms with van der Waals surface area (Å²) >= 11 is 12.4. The normalized spacial score (nSPS) is 27.6. The van der Waals surface area contributed by atoms with Crippen molar-refractivity contribution >= 4 is 23.2 Å². The number of aromatic nitrogens is 1. The fraction of sp³-hybridized carbons (Fsp3) is 0.706. The second kappa shape index (κ2) is 7.80. The van der Waals surface area contributed by atoms with E-state index in [0.717, 1.165) is 30.5 Å². The van der Waals surface area contributed by atoms with Crippen LogP contribution in [-0.2, 0) is 0 Å². The van der Waals surface area contributed by atoms with Crippen LogP contribution in [0.4, 0.5) is 0 Å². The molecule has 1 aliphatic carbocycles. The molecule has 2 rings (SSSR count). The van der Waals surface area contributed by atoms with E-state index in [1.165, 1.54) is 19.3 Å². The van der Waals surface area contributed by atoms with Gasteiger partial charge in [-0.15, -0.1) is 0 Å². The minimum absolute atomic E-state index is 0.236. The second-order valence-corrected chi connectivity index (χ2v) is 7.47. The highest BCUT2D eigenvalue weighted by Crippen LogP contribution is 2.41. The first-order valence-electron chi connectivity index (χ1n) is 8.05. The molecule has 1 heterocycles. The molecule has 0 amide bonds. The largest absolute Gasteiger partial charge is 0.308 e. The molecule has 0 spiro atoms. The topological polar surface area (TPSA) is 24.9 Å². The maximum absolute atomic E-state index is 6.41. The Morgan fingerprint density at radius 3 is 2.48 bits per heavy atom. The van der Waals surface area contributed by atoms with Crippen molar-refractivity contribution < 1.29 is 0 Å². The standard InChI is InChI=1S/C17H26Cl2N2/c1-4-5-20-16(13-7-11(2)6-12(3)8-13)17-15(19)9-14(18)10-21-17/h9-13,16,20H,4-8H2,1-3H3. The fourth-order valence-electron chi connectivity index (χ4n) is 3.72. The van der Waals surface area contributed by atoms with Crippen molar-refractivity contribution in [2.45, 2.75) is 52.5 Å². The second-order valence-electron chi connectivity index (χ2n) is 6.63. The third-order valence-corrected chi connectivity index (χ3v) is 4.94. The predicted molar refractivity (Wildman–Crippen MR) is 91.0 cm³/mol. The van der Waals surface area contributed by atoms with Crippen LogP contribution in [0.3, 0.4) is 0 Å². The average molecular weight is 329 g/mol. The zero-order valence-corrected chi connectivity index (χ0v) is 14.7. The van der Waals surface area contributed by atoms with E-state index in [1.54, 1.807) is 6.20 Å². The van der Waals surface area contributed by atoms with Gasteiger partial charge in [-0.05, 0) is 56.0 Å². The van der Waals surface area contributed by atoms with Crippen molar-refractivity contribution in [1.29, 1.82) is 0 Å². The van der Waals surface area contributed by atoms with E-state index in [4.69, 9.17) is 23.2 Å². The van der Waals surface area contributed by atoms with E-state index in [9.17, 15) is 0 Å². The van der Waals surface area contributed by atoms with Crippen LogP contribution in [0, 0.1) is 17.8 Å². The van der Waals surface area contributed by atoms with Gasteiger partial charge in [0, 0.05) is 6.20 Å². The van der Waals surface area contributed by atoms with Gasteiger partial charge < -0.3 is 5.32 Å². The number of pyridine rings is 1. The highest BCUT2D eigenvalue weighted by molar-refractivity contribution is 6.34. The van der Waals surface area contributed by atoms with Crippen molar-refractivity contribution in [2.24, 2.45) is 17.8 Å². The molecular formula is C17H26Cl2N2. The van der Waals surface area contributed by atoms with Crippen LogP contribution in [0.15, 0.2) is 12.3 Å². The Balaban J connectivity index is 2.24. The lowest BCUT2D eigenvalue weighted by molar-refractivity contribution is 0.174. The monoisotopic (exact) mass is 328 g/mol. The molecule has 3 unspecified atom stereocenters. The van der Waals surface area contributed by atoms with E-state index < -0.39 is 0 Å². The zero-order chi connectivity index (χ0) is 15.4. The molecule has 2 nitrogen and oxygen atoms in total. The molecule has 0 aromatic carbocycles. The Morgan fingerprint density at radius 2 is 1.90 bits per heavy atom. The van der Waals surface area contributed by atoms with E-state index in [2.05, 4.69) is 31.1 Å². The molecule has 1 fully saturated rings. The van der Waals surface area contributed by atoms with Crippen LogP contribution >= 0.6 is 23.2 Å². The minimum atomic E-state index is 0.236. The quantitative estimate of drug-likeness (QED) is 0.771. The number of halogens is 2. The summed E-state index contributed by atoms with van der Waals surface area (Å²) in [4.78, 5) is 4.53. The molecule has 0 saturated heterocycles. The highest BCUT2D eigenvalue weighted by atomic mass is 35.5. The number of nitrogens with zero attached hydrogens (tertiary/aromatic N) is 1. The van der Waals surface area contributed by atoms with Crippen molar-refractivity contribution in [2.75, 3.05) is 6.54 Å². The average Bonchev–Trinajstić information content (AvgIpc) is 2.40. The molecule has 1 aromatic heterocycles. The summed E-state index contributed by atoms with van der Waals surface area (Å²) in [7, 11) is 0. The van der Waals surface area contributed by atoms with Gasteiger partial charge in [-0.3, -0.25) is 4.98 Å². The molecule has 118 valence electrons. The molecule has 4 heteroatoms. The summed E-state index contributed by atoms with van der Waals surface area (Å²) in [5, 5.41) is 4.95. The lowest BCUT2D eigenvalue weighted by Gasteiger charge is -2.37. The van der Waals surface area contributed by atoms with Gasteiger partial charge in [0.1, 0.15) is 0 Å². The van der Waals surface area contributed by atoms with E-state index in [0.29, 0.717) is 16.0 Å². The molecule has 21 heavy (non-hydrogen) atoms. The molecule has 1 aromatic rings. The molecule has 3 atom stereocenters. The first-order valence-corrected chi connectivity index (χ1v) is 8.81. The van der Waals surface area contributed by atoms with E-state index >= 15 is 0 Å². The van der Waals surface area contributed by atoms with Crippen molar-refractivity contribution in [3.05, 3.63) is 28.0 Å². The van der Waals surface area contributed by atoms with Crippen molar-refractivity contribution in [3.8, 4) is 0 Å². The number of rotatable bonds is 5. The van der Waals surface area contributed by atoms with E-state index in [1.807, 2.05) is 6.07 Å². The number of nitrogens with one attached hydrogen (secondary N) is 1. The Morgan fingerprint density at radius 1 is 1.24 bits per heavy atom. The highest BCUT2D eigenvalue weighted by Gasteiger charge is 2.32. The Bertz CT molecular complexity index is 454. The van der Waals surface area contributed by atoms with Gasteiger partial charge in [-0.25, -0.2) is 0 Å². The predicted octanol–water partition coefficient (Wildman–Crippen LogP) is 5.50. The lowest BCUT2D eigenvalue weighted by Crippen LogP contribution is -2.34. The van der Waals surface area contributed by atoms with Crippen LogP contribution in [0.25, 0.3) is 0 Å². The van der Waals surface area contributed by atoms with Gasteiger partial charge in [-0.1, -0.05) is 44.0 Å². The maximum Gasteiger partial charge on any atom is 0.0762 e. The smallest absolute Gasteiger partial charge is 0.0762 e. The van der Waals surface area contributed by atoms with Crippen LogP contribution in [0.2, 0.25) is 10.0 Å². The van der Waals surface area contributed by atoms with Gasteiger partial charge in [0.05, 0.1) is 21.8 Å². The molecule has 1 saturated carbocycles. The molecule has 0 aliphatic heterocycles. The summed E-state index contributed by atoms with van der Waals surface area (Å²) in [5.41, 5.74) is 0.959. The fourth-order valence-corrected chi connectivity index (χ4v) is 4.22. The van der Waals surface area contributed by atoms with Gasteiger partial charge in [0.15, 0.2) is 0 Å². The summed E-state index contributed by atoms with van der Waals surface area (Å²) in [6.45, 7) is 7.89. The Kier molecular flexibility index (Phi) is 6.34. The van der Waals surface area contributed by atoms with Crippen molar-refractivity contribution in [3.63, 3.8) is 0 Å². The van der Waals surface area contributed by atoms with Gasteiger partial charge in [-0.2, -0.15) is 0 Å². The van der Waals surface area contributed by atoms with Gasteiger partial charge in [0.25, 0.3) is 0 Å². The molecule has 1 aliphatic rings. The van der Waals surface area contributed by atoms with Gasteiger partial charge >= 0.3 is 0 Å². The number of hydrogen-bond donors (Lipinski definition) is 1. The number of hydrogen-bond acceptors (Lipinski definition) is 2. The molecule has 0 bridgehead atoms. The summed E-state index contributed by atoms with van der Waals surface area (Å²) in [5.74, 6) is 2.15.